The molecule has 39 heavy (non-hydrogen) atoms. The summed E-state index contributed by atoms with van der Waals surface area (Å²) < 4.78 is 35.2. The number of fused-ring (bicyclic) bond motifs is 2. The first-order valence-electron chi connectivity index (χ1n) is 12.9. The molecule has 0 saturated heterocycles. The van der Waals surface area contributed by atoms with Crippen molar-refractivity contribution in [2.75, 3.05) is 19.0 Å². The van der Waals surface area contributed by atoms with Crippen LogP contribution < -0.4 is 19.5 Å². The van der Waals surface area contributed by atoms with Crippen molar-refractivity contribution >= 4 is 11.7 Å². The lowest BCUT2D eigenvalue weighted by molar-refractivity contribution is -0.137. The number of carboxylic acid groups (broad SMARTS) is 1. The molecule has 0 radical (unpaired) electrons. The van der Waals surface area contributed by atoms with Crippen LogP contribution in [0.1, 0.15) is 41.6 Å². The predicted octanol–water partition coefficient (Wildman–Crippen LogP) is 6.08. The molecule has 0 fully saturated rings. The Kier molecular flexibility index (Phi) is 6.34. The van der Waals surface area contributed by atoms with Crippen LogP contribution in [-0.2, 0) is 18.3 Å². The van der Waals surface area contributed by atoms with Crippen molar-refractivity contribution in [2.45, 2.75) is 31.3 Å². The molecule has 2 aliphatic rings. The first kappa shape index (κ1) is 24.8. The summed E-state index contributed by atoms with van der Waals surface area (Å²) in [6.07, 6.45) is 2.50. The highest BCUT2D eigenvalue weighted by Gasteiger charge is 2.32. The van der Waals surface area contributed by atoms with Gasteiger partial charge in [-0.05, 0) is 55.3 Å². The third-order valence-corrected chi connectivity index (χ3v) is 7.39. The Bertz CT molecular complexity index is 1570. The number of carbonyl (C=O) groups is 1. The molecule has 2 atom stereocenters. The Morgan fingerprint density at radius 1 is 1.18 bits per heavy atom. The summed E-state index contributed by atoms with van der Waals surface area (Å²) in [5.74, 6) is 1.01. The van der Waals surface area contributed by atoms with Gasteiger partial charge in [-0.2, -0.15) is 5.10 Å². The van der Waals surface area contributed by atoms with Gasteiger partial charge in [0, 0.05) is 54.5 Å². The van der Waals surface area contributed by atoms with Crippen LogP contribution in [0.4, 0.5) is 10.1 Å². The lowest BCUT2D eigenvalue weighted by Gasteiger charge is -2.18. The van der Waals surface area contributed by atoms with E-state index in [2.05, 4.69) is 10.4 Å². The molecule has 1 aliphatic carbocycles. The summed E-state index contributed by atoms with van der Waals surface area (Å²) in [4.78, 5) is 11.1. The molecular formula is C30H28FN3O5. The van der Waals surface area contributed by atoms with Gasteiger partial charge in [-0.25, -0.2) is 4.39 Å². The number of aromatic nitrogens is 2. The summed E-state index contributed by atoms with van der Waals surface area (Å²) in [5.41, 5.74) is 4.92. The third-order valence-electron chi connectivity index (χ3n) is 7.39. The molecule has 4 aromatic rings. The van der Waals surface area contributed by atoms with E-state index < -0.39 is 12.1 Å². The van der Waals surface area contributed by atoms with E-state index in [1.54, 1.807) is 24.4 Å². The van der Waals surface area contributed by atoms with Crippen molar-refractivity contribution in [1.29, 1.82) is 0 Å². The summed E-state index contributed by atoms with van der Waals surface area (Å²) in [5, 5.41) is 16.6. The Morgan fingerprint density at radius 3 is 2.79 bits per heavy atom. The second-order valence-electron chi connectivity index (χ2n) is 9.79. The number of anilines is 1. The van der Waals surface area contributed by atoms with Crippen LogP contribution >= 0.6 is 0 Å². The fraction of sp³-hybridized carbons (Fsp3) is 0.267. The number of rotatable bonds is 8. The van der Waals surface area contributed by atoms with Gasteiger partial charge in [0.25, 0.3) is 0 Å². The Balaban J connectivity index is 1.24. The second kappa shape index (κ2) is 9.98. The van der Waals surface area contributed by atoms with Gasteiger partial charge in [0.15, 0.2) is 5.75 Å². The smallest absolute Gasteiger partial charge is 0.304 e. The highest BCUT2D eigenvalue weighted by atomic mass is 19.1. The fourth-order valence-corrected chi connectivity index (χ4v) is 5.48. The summed E-state index contributed by atoms with van der Waals surface area (Å²) >= 11 is 0. The van der Waals surface area contributed by atoms with Gasteiger partial charge in [-0.1, -0.05) is 6.07 Å². The van der Waals surface area contributed by atoms with E-state index in [1.165, 1.54) is 6.07 Å². The van der Waals surface area contributed by atoms with E-state index in [-0.39, 0.29) is 18.2 Å². The predicted molar refractivity (Wildman–Crippen MR) is 143 cm³/mol. The van der Waals surface area contributed by atoms with Crippen LogP contribution in [0.2, 0.25) is 0 Å². The van der Waals surface area contributed by atoms with Gasteiger partial charge in [0.2, 0.25) is 0 Å². The number of nitrogens with one attached hydrogen (secondary N) is 1. The van der Waals surface area contributed by atoms with Crippen LogP contribution in [0, 0.1) is 5.82 Å². The zero-order valence-corrected chi connectivity index (χ0v) is 21.6. The van der Waals surface area contributed by atoms with Crippen LogP contribution in [0.5, 0.6) is 23.0 Å². The maximum Gasteiger partial charge on any atom is 0.304 e. The molecule has 200 valence electrons. The SMILES string of the molecule is CNc1cc(-c2ccnn2C)ccc1Oc1ccc(F)c2c1CCC2Oc1ccc2c(c1)OCC2CC(=O)O. The topological polar surface area (TPSA) is 94.8 Å². The fourth-order valence-electron chi connectivity index (χ4n) is 5.48. The molecule has 0 amide bonds. The van der Waals surface area contributed by atoms with Crippen LogP contribution in [0.3, 0.4) is 0 Å². The molecule has 2 N–H and O–H groups in total. The molecule has 1 aromatic heterocycles. The van der Waals surface area contributed by atoms with E-state index >= 15 is 4.39 Å². The molecule has 6 rings (SSSR count). The largest absolute Gasteiger partial charge is 0.492 e. The number of benzene rings is 3. The summed E-state index contributed by atoms with van der Waals surface area (Å²) in [6.45, 7) is 0.324. The maximum absolute atomic E-state index is 15.1. The minimum absolute atomic E-state index is 0.0124. The van der Waals surface area contributed by atoms with E-state index in [1.807, 2.05) is 49.1 Å². The zero-order chi connectivity index (χ0) is 27.1. The third kappa shape index (κ3) is 4.65. The lowest BCUT2D eigenvalue weighted by atomic mass is 9.98. The monoisotopic (exact) mass is 529 g/mol. The number of aliphatic carboxylic acids is 1. The average Bonchev–Trinajstić information content (AvgIpc) is 3.65. The number of nitrogens with zero attached hydrogens (tertiary/aromatic N) is 2. The van der Waals surface area contributed by atoms with Crippen LogP contribution in [0.15, 0.2) is 60.8 Å². The van der Waals surface area contributed by atoms with Gasteiger partial charge in [0.05, 0.1) is 24.4 Å². The van der Waals surface area contributed by atoms with E-state index in [9.17, 15) is 4.79 Å². The molecule has 2 unspecified atom stereocenters. The van der Waals surface area contributed by atoms with Gasteiger partial charge < -0.3 is 24.6 Å². The zero-order valence-electron chi connectivity index (χ0n) is 21.6. The highest BCUT2D eigenvalue weighted by Crippen LogP contribution is 2.45. The first-order chi connectivity index (χ1) is 18.9. The molecular weight excluding hydrogens is 501 g/mol. The molecule has 2 heterocycles. The normalized spacial score (nSPS) is 17.3. The first-order valence-corrected chi connectivity index (χ1v) is 12.9. The van der Waals surface area contributed by atoms with Crippen molar-refractivity contribution < 1.29 is 28.5 Å². The Morgan fingerprint density at radius 2 is 2.03 bits per heavy atom. The lowest BCUT2D eigenvalue weighted by Crippen LogP contribution is -2.07. The van der Waals surface area contributed by atoms with Crippen LogP contribution in [0.25, 0.3) is 11.3 Å². The molecule has 9 heteroatoms. The van der Waals surface area contributed by atoms with E-state index in [0.717, 1.165) is 28.1 Å². The molecule has 0 spiro atoms. The minimum Gasteiger partial charge on any atom is -0.492 e. The second-order valence-corrected chi connectivity index (χ2v) is 9.79. The van der Waals surface area contributed by atoms with Gasteiger partial charge in [-0.15, -0.1) is 0 Å². The summed E-state index contributed by atoms with van der Waals surface area (Å²) in [6, 6.07) is 16.3. The number of halogens is 1. The number of aryl methyl sites for hydroxylation is 1. The van der Waals surface area contributed by atoms with Crippen molar-refractivity contribution in [2.24, 2.45) is 7.05 Å². The van der Waals surface area contributed by atoms with E-state index in [0.29, 0.717) is 48.0 Å². The van der Waals surface area contributed by atoms with Gasteiger partial charge in [-0.3, -0.25) is 9.48 Å². The molecule has 0 saturated carbocycles. The standard InChI is InChI=1S/C30H28FN3O5/c1-32-23-13-17(24-11-12-33-34(24)2)3-8-26(23)39-25-10-7-22(31)30-21(25)6-9-27(30)38-19-4-5-20-18(14-29(35)36)16-37-28(20)15-19/h3-5,7-8,10-13,15,18,27,32H,6,9,14,16H2,1-2H3,(H,35,36). The quantitative estimate of drug-likeness (QED) is 0.286. The molecule has 3 aromatic carbocycles. The number of carboxylic acids is 1. The number of hydrogen-bond donors (Lipinski definition) is 2. The van der Waals surface area contributed by atoms with Crippen LogP contribution in [-0.4, -0.2) is 34.5 Å². The summed E-state index contributed by atoms with van der Waals surface area (Å²) in [7, 11) is 3.73. The average molecular weight is 530 g/mol. The maximum atomic E-state index is 15.1. The van der Waals surface area contributed by atoms with E-state index in [4.69, 9.17) is 19.3 Å². The number of ether oxygens (including phenoxy) is 3. The number of hydrogen-bond acceptors (Lipinski definition) is 6. The highest BCUT2D eigenvalue weighted by molar-refractivity contribution is 5.71. The van der Waals surface area contributed by atoms with Crippen molar-refractivity contribution in [3.63, 3.8) is 0 Å². The van der Waals surface area contributed by atoms with Crippen molar-refractivity contribution in [3.8, 4) is 34.3 Å². The Hall–Kier alpha value is -4.53. The minimum atomic E-state index is -0.862. The molecule has 8 nitrogen and oxygen atoms in total. The molecule has 0 bridgehead atoms. The van der Waals surface area contributed by atoms with Crippen molar-refractivity contribution in [1.82, 2.24) is 9.78 Å². The Labute approximate surface area is 224 Å². The molecule has 1 aliphatic heterocycles. The van der Waals surface area contributed by atoms with Gasteiger partial charge in [0.1, 0.15) is 29.2 Å². The van der Waals surface area contributed by atoms with Gasteiger partial charge >= 0.3 is 5.97 Å². The van der Waals surface area contributed by atoms with Crippen molar-refractivity contribution in [3.05, 3.63) is 83.3 Å².